The lowest BCUT2D eigenvalue weighted by molar-refractivity contribution is -0.125. The second-order valence-electron chi connectivity index (χ2n) is 4.24. The standard InChI is InChI=1S/C12H24N2O2.ClH/c1-2-16-11-12(15)13-7-3-4-8-14-9-5-6-10-14;/h2-11H2,1H3,(H,13,15);1H. The number of unbranched alkanes of at least 4 members (excludes halogenated alkanes) is 1. The first-order valence-electron chi connectivity index (χ1n) is 6.39. The first-order chi connectivity index (χ1) is 7.83. The van der Waals surface area contributed by atoms with Gasteiger partial charge in [0.15, 0.2) is 0 Å². The van der Waals surface area contributed by atoms with Crippen LogP contribution in [0.2, 0.25) is 0 Å². The number of carbonyl (C=O) groups is 1. The summed E-state index contributed by atoms with van der Waals surface area (Å²) in [6, 6.07) is 0. The van der Waals surface area contributed by atoms with E-state index in [2.05, 4.69) is 10.2 Å². The van der Waals surface area contributed by atoms with Crippen molar-refractivity contribution in [3.63, 3.8) is 0 Å². The van der Waals surface area contributed by atoms with Gasteiger partial charge in [-0.3, -0.25) is 4.79 Å². The van der Waals surface area contributed by atoms with E-state index in [0.717, 1.165) is 13.0 Å². The van der Waals surface area contributed by atoms with Crippen LogP contribution in [0.5, 0.6) is 0 Å². The fourth-order valence-electron chi connectivity index (χ4n) is 1.94. The molecule has 0 saturated carbocycles. The summed E-state index contributed by atoms with van der Waals surface area (Å²) in [5.74, 6) is 0.00280. The molecule has 1 amide bonds. The zero-order valence-electron chi connectivity index (χ0n) is 10.7. The molecule has 0 aromatic heterocycles. The maximum absolute atomic E-state index is 11.2. The van der Waals surface area contributed by atoms with Gasteiger partial charge in [0.1, 0.15) is 6.61 Å². The zero-order chi connectivity index (χ0) is 11.6. The Labute approximate surface area is 110 Å². The van der Waals surface area contributed by atoms with Gasteiger partial charge in [-0.25, -0.2) is 0 Å². The Hall–Kier alpha value is -0.320. The zero-order valence-corrected chi connectivity index (χ0v) is 11.6. The molecule has 0 aliphatic carbocycles. The number of amides is 1. The second kappa shape index (κ2) is 10.8. The Morgan fingerprint density at radius 1 is 1.29 bits per heavy atom. The summed E-state index contributed by atoms with van der Waals surface area (Å²) in [5, 5.41) is 2.86. The summed E-state index contributed by atoms with van der Waals surface area (Å²) >= 11 is 0. The quantitative estimate of drug-likeness (QED) is 0.675. The molecular formula is C12H25ClN2O2. The molecule has 1 fully saturated rings. The molecule has 17 heavy (non-hydrogen) atoms. The Bertz CT molecular complexity index is 197. The highest BCUT2D eigenvalue weighted by atomic mass is 35.5. The number of hydrogen-bond acceptors (Lipinski definition) is 3. The number of carbonyl (C=O) groups excluding carboxylic acids is 1. The van der Waals surface area contributed by atoms with Crippen LogP contribution in [0.15, 0.2) is 0 Å². The van der Waals surface area contributed by atoms with E-state index in [4.69, 9.17) is 4.74 Å². The van der Waals surface area contributed by atoms with Gasteiger partial charge in [-0.1, -0.05) is 0 Å². The molecule has 0 radical (unpaired) electrons. The summed E-state index contributed by atoms with van der Waals surface area (Å²) < 4.78 is 5.01. The SMILES string of the molecule is CCOCC(=O)NCCCCN1CCCC1.Cl. The molecule has 0 bridgehead atoms. The number of ether oxygens (including phenoxy) is 1. The Balaban J connectivity index is 0.00000256. The van der Waals surface area contributed by atoms with E-state index in [9.17, 15) is 4.79 Å². The van der Waals surface area contributed by atoms with Crippen molar-refractivity contribution in [3.8, 4) is 0 Å². The Morgan fingerprint density at radius 2 is 2.00 bits per heavy atom. The van der Waals surface area contributed by atoms with Crippen molar-refractivity contribution in [1.29, 1.82) is 0 Å². The summed E-state index contributed by atoms with van der Waals surface area (Å²) in [5.41, 5.74) is 0. The largest absolute Gasteiger partial charge is 0.372 e. The molecule has 0 aromatic rings. The molecule has 1 aliphatic rings. The maximum atomic E-state index is 11.2. The van der Waals surface area contributed by atoms with Crippen molar-refractivity contribution in [2.75, 3.05) is 39.4 Å². The predicted molar refractivity (Wildman–Crippen MR) is 71.7 cm³/mol. The molecule has 1 N–H and O–H groups in total. The number of rotatable bonds is 8. The highest BCUT2D eigenvalue weighted by Gasteiger charge is 2.10. The Morgan fingerprint density at radius 3 is 2.65 bits per heavy atom. The minimum Gasteiger partial charge on any atom is -0.372 e. The number of hydrogen-bond donors (Lipinski definition) is 1. The molecule has 102 valence electrons. The molecule has 1 aliphatic heterocycles. The lowest BCUT2D eigenvalue weighted by Crippen LogP contribution is -2.29. The van der Waals surface area contributed by atoms with Crippen LogP contribution in [0, 0.1) is 0 Å². The van der Waals surface area contributed by atoms with Crippen molar-refractivity contribution in [1.82, 2.24) is 10.2 Å². The lowest BCUT2D eigenvalue weighted by Gasteiger charge is -2.13. The van der Waals surface area contributed by atoms with Crippen LogP contribution in [0.3, 0.4) is 0 Å². The van der Waals surface area contributed by atoms with Gasteiger partial charge in [0.05, 0.1) is 0 Å². The first-order valence-corrected chi connectivity index (χ1v) is 6.39. The van der Waals surface area contributed by atoms with Gasteiger partial charge < -0.3 is 15.0 Å². The number of nitrogens with one attached hydrogen (secondary N) is 1. The van der Waals surface area contributed by atoms with Crippen molar-refractivity contribution < 1.29 is 9.53 Å². The minimum atomic E-state index is 0. The normalized spacial score (nSPS) is 15.6. The molecule has 0 spiro atoms. The van der Waals surface area contributed by atoms with E-state index in [1.54, 1.807) is 0 Å². The monoisotopic (exact) mass is 264 g/mol. The number of likely N-dealkylation sites (tertiary alicyclic amines) is 1. The van der Waals surface area contributed by atoms with E-state index in [-0.39, 0.29) is 24.9 Å². The third-order valence-electron chi connectivity index (χ3n) is 2.86. The molecule has 0 aromatic carbocycles. The lowest BCUT2D eigenvalue weighted by atomic mass is 10.3. The van der Waals surface area contributed by atoms with E-state index in [1.807, 2.05) is 6.92 Å². The van der Waals surface area contributed by atoms with Gasteiger partial charge in [-0.05, 0) is 52.2 Å². The van der Waals surface area contributed by atoms with Crippen LogP contribution in [0.25, 0.3) is 0 Å². The Kier molecular flexibility index (Phi) is 10.6. The van der Waals surface area contributed by atoms with E-state index in [0.29, 0.717) is 6.61 Å². The second-order valence-corrected chi connectivity index (χ2v) is 4.24. The van der Waals surface area contributed by atoms with Gasteiger partial charge in [-0.15, -0.1) is 12.4 Å². The number of nitrogens with zero attached hydrogens (tertiary/aromatic N) is 1. The molecule has 1 saturated heterocycles. The predicted octanol–water partition coefficient (Wildman–Crippen LogP) is 1.44. The van der Waals surface area contributed by atoms with E-state index in [1.165, 1.54) is 38.9 Å². The van der Waals surface area contributed by atoms with Crippen molar-refractivity contribution in [2.45, 2.75) is 32.6 Å². The summed E-state index contributed by atoms with van der Waals surface area (Å²) in [4.78, 5) is 13.7. The van der Waals surface area contributed by atoms with E-state index < -0.39 is 0 Å². The average Bonchev–Trinajstić information content (AvgIpc) is 2.79. The molecular weight excluding hydrogens is 240 g/mol. The molecule has 0 atom stereocenters. The highest BCUT2D eigenvalue weighted by Crippen LogP contribution is 2.07. The number of halogens is 1. The van der Waals surface area contributed by atoms with Crippen LogP contribution in [0.1, 0.15) is 32.6 Å². The fourth-order valence-corrected chi connectivity index (χ4v) is 1.94. The van der Waals surface area contributed by atoms with Gasteiger partial charge >= 0.3 is 0 Å². The third-order valence-corrected chi connectivity index (χ3v) is 2.86. The fraction of sp³-hybridized carbons (Fsp3) is 0.917. The molecule has 5 heteroatoms. The van der Waals surface area contributed by atoms with Crippen molar-refractivity contribution >= 4 is 18.3 Å². The highest BCUT2D eigenvalue weighted by molar-refractivity contribution is 5.85. The molecule has 1 heterocycles. The van der Waals surface area contributed by atoms with Gasteiger partial charge in [0, 0.05) is 13.2 Å². The maximum Gasteiger partial charge on any atom is 0.245 e. The molecule has 4 nitrogen and oxygen atoms in total. The molecule has 0 unspecified atom stereocenters. The van der Waals surface area contributed by atoms with Crippen LogP contribution in [-0.2, 0) is 9.53 Å². The van der Waals surface area contributed by atoms with Crippen LogP contribution in [0.4, 0.5) is 0 Å². The van der Waals surface area contributed by atoms with Crippen LogP contribution in [-0.4, -0.2) is 50.2 Å². The summed E-state index contributed by atoms with van der Waals surface area (Å²) in [6.07, 6.45) is 4.94. The van der Waals surface area contributed by atoms with Gasteiger partial charge in [0.2, 0.25) is 5.91 Å². The minimum absolute atomic E-state index is 0. The first kappa shape index (κ1) is 16.7. The van der Waals surface area contributed by atoms with Gasteiger partial charge in [0.25, 0.3) is 0 Å². The topological polar surface area (TPSA) is 41.6 Å². The smallest absolute Gasteiger partial charge is 0.245 e. The summed E-state index contributed by atoms with van der Waals surface area (Å²) in [7, 11) is 0. The van der Waals surface area contributed by atoms with Crippen molar-refractivity contribution in [2.24, 2.45) is 0 Å². The van der Waals surface area contributed by atoms with Crippen LogP contribution < -0.4 is 5.32 Å². The summed E-state index contributed by atoms with van der Waals surface area (Å²) in [6.45, 7) is 7.17. The third kappa shape index (κ3) is 8.41. The average molecular weight is 265 g/mol. The van der Waals surface area contributed by atoms with Crippen molar-refractivity contribution in [3.05, 3.63) is 0 Å². The van der Waals surface area contributed by atoms with Crippen LogP contribution >= 0.6 is 12.4 Å². The van der Waals surface area contributed by atoms with Gasteiger partial charge in [-0.2, -0.15) is 0 Å². The van der Waals surface area contributed by atoms with E-state index >= 15 is 0 Å². The molecule has 1 rings (SSSR count).